The minimum Gasteiger partial charge on any atom is -0.481 e. The summed E-state index contributed by atoms with van der Waals surface area (Å²) in [5.74, 6) is 0.793. The number of carbonyl (C=O) groups is 1. The number of piperidine rings is 1. The van der Waals surface area contributed by atoms with E-state index in [1.165, 1.54) is 0 Å². The summed E-state index contributed by atoms with van der Waals surface area (Å²) < 4.78 is 5.23. The summed E-state index contributed by atoms with van der Waals surface area (Å²) in [5, 5.41) is 12.9. The zero-order chi connectivity index (χ0) is 13.8. The van der Waals surface area contributed by atoms with Gasteiger partial charge in [0.2, 0.25) is 5.89 Å². The van der Waals surface area contributed by atoms with Gasteiger partial charge in [-0.1, -0.05) is 25.4 Å². The van der Waals surface area contributed by atoms with Crippen molar-refractivity contribution in [3.63, 3.8) is 0 Å². The van der Waals surface area contributed by atoms with Crippen LogP contribution in [0.15, 0.2) is 4.52 Å². The van der Waals surface area contributed by atoms with Crippen molar-refractivity contribution in [3.05, 3.63) is 11.7 Å². The van der Waals surface area contributed by atoms with Gasteiger partial charge in [-0.15, -0.1) is 0 Å². The fraction of sp³-hybridized carbons (Fsp3) is 0.769. The molecule has 19 heavy (non-hydrogen) atoms. The molecule has 0 aromatic carbocycles. The summed E-state index contributed by atoms with van der Waals surface area (Å²) in [7, 11) is 0. The van der Waals surface area contributed by atoms with E-state index in [2.05, 4.69) is 15.0 Å². The molecule has 0 bridgehead atoms. The Balaban J connectivity index is 1.99. The molecule has 1 unspecified atom stereocenters. The predicted molar refractivity (Wildman–Crippen MR) is 68.7 cm³/mol. The van der Waals surface area contributed by atoms with Crippen LogP contribution in [0.1, 0.15) is 57.2 Å². The first kappa shape index (κ1) is 14.0. The number of aliphatic carboxylic acids is 1. The van der Waals surface area contributed by atoms with E-state index in [0.717, 1.165) is 25.8 Å². The molecule has 1 aromatic rings. The molecule has 1 fully saturated rings. The van der Waals surface area contributed by atoms with E-state index in [-0.39, 0.29) is 18.4 Å². The number of carboxylic acids is 1. The van der Waals surface area contributed by atoms with Gasteiger partial charge in [-0.3, -0.25) is 9.69 Å². The molecule has 1 atom stereocenters. The zero-order valence-corrected chi connectivity index (χ0v) is 11.5. The summed E-state index contributed by atoms with van der Waals surface area (Å²) in [6, 6.07) is 0.0839. The van der Waals surface area contributed by atoms with Crippen LogP contribution < -0.4 is 0 Å². The minimum absolute atomic E-state index is 0.0839. The van der Waals surface area contributed by atoms with Gasteiger partial charge < -0.3 is 9.63 Å². The highest BCUT2D eigenvalue weighted by Crippen LogP contribution is 2.22. The predicted octanol–water partition coefficient (Wildman–Crippen LogP) is 2.02. The monoisotopic (exact) mass is 267 g/mol. The number of likely N-dealkylation sites (tertiary alicyclic amines) is 1. The smallest absolute Gasteiger partial charge is 0.304 e. The first-order valence-electron chi connectivity index (χ1n) is 6.84. The second kappa shape index (κ2) is 6.14. The number of nitrogens with zero attached hydrogens (tertiary/aromatic N) is 3. The van der Waals surface area contributed by atoms with Crippen LogP contribution in [0.25, 0.3) is 0 Å². The lowest BCUT2D eigenvalue weighted by molar-refractivity contribution is -0.138. The molecule has 0 amide bonds. The second-order valence-corrected chi connectivity index (χ2v) is 5.42. The highest BCUT2D eigenvalue weighted by atomic mass is 16.5. The normalized spacial score (nSPS) is 20.9. The van der Waals surface area contributed by atoms with Crippen molar-refractivity contribution in [2.75, 3.05) is 6.54 Å². The van der Waals surface area contributed by atoms with Crippen LogP contribution in [0, 0.1) is 0 Å². The molecular weight excluding hydrogens is 246 g/mol. The molecule has 2 rings (SSSR count). The summed E-state index contributed by atoms with van der Waals surface area (Å²) in [6.07, 6.45) is 3.31. The van der Waals surface area contributed by atoms with Crippen LogP contribution in [0.3, 0.4) is 0 Å². The number of rotatable bonds is 5. The summed E-state index contributed by atoms with van der Waals surface area (Å²) >= 11 is 0. The van der Waals surface area contributed by atoms with Gasteiger partial charge in [0.25, 0.3) is 0 Å². The zero-order valence-electron chi connectivity index (χ0n) is 11.5. The van der Waals surface area contributed by atoms with Crippen LogP contribution in [-0.4, -0.2) is 38.7 Å². The Labute approximate surface area is 112 Å². The Morgan fingerprint density at radius 2 is 2.32 bits per heavy atom. The molecule has 0 aliphatic carbocycles. The maximum absolute atomic E-state index is 10.9. The van der Waals surface area contributed by atoms with Crippen molar-refractivity contribution in [1.29, 1.82) is 0 Å². The third-order valence-corrected chi connectivity index (χ3v) is 3.50. The Morgan fingerprint density at radius 1 is 1.53 bits per heavy atom. The van der Waals surface area contributed by atoms with Gasteiger partial charge in [0.1, 0.15) is 0 Å². The van der Waals surface area contributed by atoms with E-state index in [1.54, 1.807) is 0 Å². The fourth-order valence-electron chi connectivity index (χ4n) is 2.44. The van der Waals surface area contributed by atoms with E-state index in [4.69, 9.17) is 9.63 Å². The maximum atomic E-state index is 10.9. The molecule has 1 saturated heterocycles. The number of hydrogen-bond acceptors (Lipinski definition) is 5. The Hall–Kier alpha value is -1.43. The van der Waals surface area contributed by atoms with E-state index in [9.17, 15) is 4.79 Å². The molecule has 0 radical (unpaired) electrons. The Morgan fingerprint density at radius 3 is 2.95 bits per heavy atom. The van der Waals surface area contributed by atoms with Crippen LogP contribution in [0.5, 0.6) is 0 Å². The third-order valence-electron chi connectivity index (χ3n) is 3.50. The maximum Gasteiger partial charge on any atom is 0.304 e. The molecule has 1 aliphatic rings. The highest BCUT2D eigenvalue weighted by molar-refractivity contribution is 5.67. The van der Waals surface area contributed by atoms with Crippen LogP contribution in [-0.2, 0) is 11.3 Å². The second-order valence-electron chi connectivity index (χ2n) is 5.42. The first-order valence-corrected chi connectivity index (χ1v) is 6.84. The van der Waals surface area contributed by atoms with E-state index < -0.39 is 5.97 Å². The van der Waals surface area contributed by atoms with Gasteiger partial charge in [0.15, 0.2) is 5.82 Å². The van der Waals surface area contributed by atoms with Crippen molar-refractivity contribution >= 4 is 5.97 Å². The standard InChI is InChI=1S/C13H21N3O3/c1-9(2)13-14-11(19-15-13)8-16-6-4-3-5-10(16)7-12(17)18/h9-10H,3-8H2,1-2H3,(H,17,18). The van der Waals surface area contributed by atoms with Crippen molar-refractivity contribution < 1.29 is 14.4 Å². The lowest BCUT2D eigenvalue weighted by Crippen LogP contribution is -2.40. The third kappa shape index (κ3) is 3.76. The average molecular weight is 267 g/mol. The van der Waals surface area contributed by atoms with Gasteiger partial charge in [-0.2, -0.15) is 4.98 Å². The number of hydrogen-bond donors (Lipinski definition) is 1. The first-order chi connectivity index (χ1) is 9.06. The van der Waals surface area contributed by atoms with Crippen molar-refractivity contribution in [3.8, 4) is 0 Å². The number of aromatic nitrogens is 2. The summed E-state index contributed by atoms with van der Waals surface area (Å²) in [4.78, 5) is 17.4. The van der Waals surface area contributed by atoms with Crippen LogP contribution in [0.4, 0.5) is 0 Å². The fourth-order valence-corrected chi connectivity index (χ4v) is 2.44. The van der Waals surface area contributed by atoms with E-state index in [0.29, 0.717) is 18.3 Å². The Bertz CT molecular complexity index is 431. The average Bonchev–Trinajstić information content (AvgIpc) is 2.80. The van der Waals surface area contributed by atoms with Crippen molar-refractivity contribution in [2.24, 2.45) is 0 Å². The molecule has 2 heterocycles. The largest absolute Gasteiger partial charge is 0.481 e. The quantitative estimate of drug-likeness (QED) is 0.879. The molecule has 0 saturated carbocycles. The Kier molecular flexibility index (Phi) is 4.52. The molecular formula is C13H21N3O3. The van der Waals surface area contributed by atoms with Crippen LogP contribution in [0.2, 0.25) is 0 Å². The molecule has 1 aliphatic heterocycles. The summed E-state index contributed by atoms with van der Waals surface area (Å²) in [6.45, 7) is 5.49. The molecule has 1 N–H and O–H groups in total. The van der Waals surface area contributed by atoms with Gasteiger partial charge in [-0.25, -0.2) is 0 Å². The molecule has 106 valence electrons. The number of carboxylic acid groups (broad SMARTS) is 1. The SMILES string of the molecule is CC(C)c1noc(CN2CCCCC2CC(=O)O)n1. The lowest BCUT2D eigenvalue weighted by Gasteiger charge is -2.33. The minimum atomic E-state index is -0.745. The van der Waals surface area contributed by atoms with E-state index in [1.807, 2.05) is 13.8 Å². The highest BCUT2D eigenvalue weighted by Gasteiger charge is 2.26. The van der Waals surface area contributed by atoms with Gasteiger partial charge in [0, 0.05) is 12.0 Å². The summed E-state index contributed by atoms with van der Waals surface area (Å²) in [5.41, 5.74) is 0. The lowest BCUT2D eigenvalue weighted by atomic mass is 9.99. The molecule has 1 aromatic heterocycles. The molecule has 0 spiro atoms. The molecule has 6 nitrogen and oxygen atoms in total. The van der Waals surface area contributed by atoms with Gasteiger partial charge >= 0.3 is 5.97 Å². The molecule has 6 heteroatoms. The van der Waals surface area contributed by atoms with Gasteiger partial charge in [-0.05, 0) is 19.4 Å². The van der Waals surface area contributed by atoms with Crippen molar-refractivity contribution in [1.82, 2.24) is 15.0 Å². The van der Waals surface area contributed by atoms with E-state index >= 15 is 0 Å². The van der Waals surface area contributed by atoms with Crippen LogP contribution >= 0.6 is 0 Å². The topological polar surface area (TPSA) is 79.5 Å². The van der Waals surface area contributed by atoms with Gasteiger partial charge in [0.05, 0.1) is 13.0 Å². The van der Waals surface area contributed by atoms with Crippen molar-refractivity contribution in [2.45, 2.75) is 58.0 Å².